The van der Waals surface area contributed by atoms with Gasteiger partial charge in [0, 0.05) is 11.1 Å². The molecule has 0 bridgehead atoms. The lowest BCUT2D eigenvalue weighted by molar-refractivity contribution is -0.139. The lowest BCUT2D eigenvalue weighted by atomic mass is 10.2. The Hall–Kier alpha value is -4.40. The molecule has 0 amide bonds. The van der Waals surface area contributed by atoms with E-state index in [1.807, 2.05) is 0 Å². The van der Waals surface area contributed by atoms with Gasteiger partial charge in [-0.15, -0.1) is 0 Å². The van der Waals surface area contributed by atoms with Crippen molar-refractivity contribution in [2.24, 2.45) is 0 Å². The molecule has 0 unspecified atom stereocenters. The number of carbonyl (C=O) groups is 4. The van der Waals surface area contributed by atoms with E-state index in [-0.39, 0.29) is 11.9 Å². The van der Waals surface area contributed by atoms with Crippen LogP contribution < -0.4 is 4.74 Å². The Bertz CT molecular complexity index is 1120. The summed E-state index contributed by atoms with van der Waals surface area (Å²) in [4.78, 5) is 47.2. The molecule has 0 aliphatic rings. The highest BCUT2D eigenvalue weighted by atomic mass is 16.5. The average Bonchev–Trinajstić information content (AvgIpc) is 2.99. The monoisotopic (exact) mass is 594 g/mol. The van der Waals surface area contributed by atoms with Gasteiger partial charge in [0.05, 0.1) is 37.6 Å². The van der Waals surface area contributed by atoms with E-state index in [4.69, 9.17) is 23.7 Å². The SMILES string of the molecule is C=C(C)C(=O)OCCCCCCOC(=O)c1ccc(Oc2ccc(C(=O)OCCCCCCOC(=O)C(=C)C)cc2)cc1. The standard InChI is InChI=1S/C34H42O9/c1-25(2)31(35)39-21-9-5-7-11-23-41-33(37)27-13-17-29(18-14-27)43-30-19-15-28(16-20-30)34(38)42-24-12-8-6-10-22-40-32(36)26(3)4/h13-20H,1,3,5-12,21-24H2,2,4H3. The summed E-state index contributed by atoms with van der Waals surface area (Å²) in [5.74, 6) is -0.498. The second-order valence-corrected chi connectivity index (χ2v) is 10.1. The zero-order chi connectivity index (χ0) is 31.5. The first-order chi connectivity index (χ1) is 20.7. The van der Waals surface area contributed by atoms with Gasteiger partial charge in [-0.3, -0.25) is 0 Å². The van der Waals surface area contributed by atoms with Crippen molar-refractivity contribution < 1.29 is 42.9 Å². The first-order valence-corrected chi connectivity index (χ1v) is 14.5. The summed E-state index contributed by atoms with van der Waals surface area (Å²) in [6.07, 6.45) is 6.41. The quantitative estimate of drug-likeness (QED) is 0.0682. The molecule has 0 aromatic heterocycles. The second kappa shape index (κ2) is 19.7. The lowest BCUT2D eigenvalue weighted by Gasteiger charge is -2.09. The van der Waals surface area contributed by atoms with Crippen LogP contribution in [0, 0.1) is 0 Å². The third-order valence-electron chi connectivity index (χ3n) is 6.12. The minimum absolute atomic E-state index is 0.312. The maximum absolute atomic E-state index is 12.3. The molecule has 2 aromatic rings. The van der Waals surface area contributed by atoms with E-state index in [2.05, 4.69) is 13.2 Å². The van der Waals surface area contributed by atoms with Crippen molar-refractivity contribution >= 4 is 23.9 Å². The summed E-state index contributed by atoms with van der Waals surface area (Å²) in [6, 6.07) is 13.2. The molecule has 0 fully saturated rings. The zero-order valence-electron chi connectivity index (χ0n) is 25.2. The molecule has 0 atom stereocenters. The fourth-order valence-electron chi connectivity index (χ4n) is 3.64. The maximum atomic E-state index is 12.3. The number of benzene rings is 2. The van der Waals surface area contributed by atoms with Gasteiger partial charge in [0.2, 0.25) is 0 Å². The van der Waals surface area contributed by atoms with Gasteiger partial charge >= 0.3 is 23.9 Å². The van der Waals surface area contributed by atoms with Gasteiger partial charge in [-0.05, 0) is 114 Å². The molecule has 0 heterocycles. The van der Waals surface area contributed by atoms with E-state index in [9.17, 15) is 19.2 Å². The Balaban J connectivity index is 1.61. The molecule has 0 N–H and O–H groups in total. The molecule has 43 heavy (non-hydrogen) atoms. The molecule has 0 aliphatic carbocycles. The molecule has 2 aromatic carbocycles. The molecule has 232 valence electrons. The van der Waals surface area contributed by atoms with Crippen LogP contribution in [0.1, 0.15) is 85.9 Å². The van der Waals surface area contributed by atoms with E-state index in [0.29, 0.717) is 60.2 Å². The molecule has 0 aliphatic heterocycles. The predicted octanol–water partition coefficient (Wildman–Crippen LogP) is 7.15. The molecule has 0 radical (unpaired) electrons. The summed E-state index contributed by atoms with van der Waals surface area (Å²) < 4.78 is 26.6. The maximum Gasteiger partial charge on any atom is 0.338 e. The topological polar surface area (TPSA) is 114 Å². The fraction of sp³-hybridized carbons (Fsp3) is 0.412. The van der Waals surface area contributed by atoms with Crippen molar-refractivity contribution in [1.82, 2.24) is 0 Å². The van der Waals surface area contributed by atoms with Gasteiger partial charge in [-0.1, -0.05) is 13.2 Å². The molecule has 9 heteroatoms. The summed E-state index contributed by atoms with van der Waals surface area (Å²) in [5, 5.41) is 0. The number of ether oxygens (including phenoxy) is 5. The molecule has 0 saturated heterocycles. The van der Waals surface area contributed by atoms with Crippen LogP contribution in [0.3, 0.4) is 0 Å². The Morgan fingerprint density at radius 1 is 0.488 bits per heavy atom. The number of esters is 4. The van der Waals surface area contributed by atoms with E-state index in [0.717, 1.165) is 51.4 Å². The second-order valence-electron chi connectivity index (χ2n) is 10.1. The number of hydrogen-bond donors (Lipinski definition) is 0. The Morgan fingerprint density at radius 2 is 0.791 bits per heavy atom. The summed E-state index contributed by atoms with van der Waals surface area (Å²) in [6.45, 7) is 11.6. The van der Waals surface area contributed by atoms with Crippen molar-refractivity contribution in [3.8, 4) is 11.5 Å². The van der Waals surface area contributed by atoms with Gasteiger partial charge < -0.3 is 23.7 Å². The van der Waals surface area contributed by atoms with Gasteiger partial charge in [0.25, 0.3) is 0 Å². The van der Waals surface area contributed by atoms with Crippen molar-refractivity contribution in [1.29, 1.82) is 0 Å². The van der Waals surface area contributed by atoms with Crippen LogP contribution in [0.25, 0.3) is 0 Å². The highest BCUT2D eigenvalue weighted by Crippen LogP contribution is 2.23. The first kappa shape index (κ1) is 34.8. The molecule has 9 nitrogen and oxygen atoms in total. The van der Waals surface area contributed by atoms with Gasteiger partial charge in [0.15, 0.2) is 0 Å². The third kappa shape index (κ3) is 14.4. The van der Waals surface area contributed by atoms with Crippen LogP contribution in [0.4, 0.5) is 0 Å². The van der Waals surface area contributed by atoms with Crippen LogP contribution in [-0.2, 0) is 28.5 Å². The number of unbranched alkanes of at least 4 members (excludes halogenated alkanes) is 6. The largest absolute Gasteiger partial charge is 0.462 e. The summed E-state index contributed by atoms with van der Waals surface area (Å²) >= 11 is 0. The first-order valence-electron chi connectivity index (χ1n) is 14.5. The molecular formula is C34H42O9. The number of rotatable bonds is 20. The van der Waals surface area contributed by atoms with Crippen LogP contribution in [-0.4, -0.2) is 50.3 Å². The van der Waals surface area contributed by atoms with E-state index in [1.54, 1.807) is 62.4 Å². The van der Waals surface area contributed by atoms with E-state index in [1.165, 1.54) is 0 Å². The third-order valence-corrected chi connectivity index (χ3v) is 6.12. The number of hydrogen-bond acceptors (Lipinski definition) is 9. The molecule has 2 rings (SSSR count). The molecule has 0 spiro atoms. The van der Waals surface area contributed by atoms with Crippen molar-refractivity contribution in [3.63, 3.8) is 0 Å². The molecular weight excluding hydrogens is 552 g/mol. The molecule has 0 saturated carbocycles. The minimum Gasteiger partial charge on any atom is -0.462 e. The van der Waals surface area contributed by atoms with E-state index < -0.39 is 11.9 Å². The van der Waals surface area contributed by atoms with Crippen LogP contribution in [0.15, 0.2) is 72.8 Å². The Morgan fingerprint density at radius 3 is 1.09 bits per heavy atom. The normalized spacial score (nSPS) is 10.4. The predicted molar refractivity (Wildman–Crippen MR) is 162 cm³/mol. The lowest BCUT2D eigenvalue weighted by Crippen LogP contribution is -2.07. The highest BCUT2D eigenvalue weighted by Gasteiger charge is 2.10. The zero-order valence-corrected chi connectivity index (χ0v) is 25.2. The van der Waals surface area contributed by atoms with Crippen LogP contribution >= 0.6 is 0 Å². The van der Waals surface area contributed by atoms with Gasteiger partial charge in [-0.2, -0.15) is 0 Å². The summed E-state index contributed by atoms with van der Waals surface area (Å²) in [7, 11) is 0. The van der Waals surface area contributed by atoms with Crippen molar-refractivity contribution in [2.45, 2.75) is 65.2 Å². The van der Waals surface area contributed by atoms with Crippen LogP contribution in [0.2, 0.25) is 0 Å². The smallest absolute Gasteiger partial charge is 0.338 e. The Labute approximate surface area is 253 Å². The van der Waals surface area contributed by atoms with E-state index >= 15 is 0 Å². The minimum atomic E-state index is -0.408. The number of carbonyl (C=O) groups excluding carboxylic acids is 4. The van der Waals surface area contributed by atoms with Crippen LogP contribution in [0.5, 0.6) is 11.5 Å². The Kier molecular flexibility index (Phi) is 15.9. The van der Waals surface area contributed by atoms with Gasteiger partial charge in [-0.25, -0.2) is 19.2 Å². The average molecular weight is 595 g/mol. The summed E-state index contributed by atoms with van der Waals surface area (Å²) in [5.41, 5.74) is 1.61. The highest BCUT2D eigenvalue weighted by molar-refractivity contribution is 5.90. The fourth-order valence-corrected chi connectivity index (χ4v) is 3.64. The van der Waals surface area contributed by atoms with Crippen molar-refractivity contribution in [3.05, 3.63) is 84.0 Å². The van der Waals surface area contributed by atoms with Gasteiger partial charge in [0.1, 0.15) is 11.5 Å². The van der Waals surface area contributed by atoms with Crippen molar-refractivity contribution in [2.75, 3.05) is 26.4 Å².